The standard InChI is InChI=1S/C15H26N2O3S2/c1-4-21-14-8-6-5-7-13(14)16-11-12-9-10-15(20-12)22(18,19)17(2)3/h9-10,13-14,16H,4-8,11H2,1-3H3/t13-,14+/m1/s1. The Morgan fingerprint density at radius 2 is 2.05 bits per heavy atom. The first-order chi connectivity index (χ1) is 10.4. The minimum absolute atomic E-state index is 0.0115. The summed E-state index contributed by atoms with van der Waals surface area (Å²) in [5, 5.41) is 4.21. The van der Waals surface area contributed by atoms with Crippen LogP contribution in [0.1, 0.15) is 38.4 Å². The van der Waals surface area contributed by atoms with Crippen molar-refractivity contribution in [2.75, 3.05) is 19.8 Å². The van der Waals surface area contributed by atoms with Crippen molar-refractivity contribution in [3.8, 4) is 0 Å². The predicted molar refractivity (Wildman–Crippen MR) is 90.6 cm³/mol. The highest BCUT2D eigenvalue weighted by Gasteiger charge is 2.25. The van der Waals surface area contributed by atoms with Gasteiger partial charge in [0.1, 0.15) is 5.76 Å². The normalized spacial score (nSPS) is 23.1. The molecule has 0 unspecified atom stereocenters. The molecule has 1 saturated carbocycles. The molecule has 1 aromatic heterocycles. The number of sulfonamides is 1. The molecule has 1 aromatic rings. The molecular formula is C15H26N2O3S2. The molecule has 2 rings (SSSR count). The van der Waals surface area contributed by atoms with Crippen molar-refractivity contribution in [2.24, 2.45) is 0 Å². The molecule has 0 saturated heterocycles. The van der Waals surface area contributed by atoms with Crippen LogP contribution < -0.4 is 5.32 Å². The maximum absolute atomic E-state index is 12.0. The summed E-state index contributed by atoms with van der Waals surface area (Å²) in [5.74, 6) is 1.81. The zero-order valence-electron chi connectivity index (χ0n) is 13.5. The fourth-order valence-corrected chi connectivity index (χ4v) is 4.79. The third-order valence-corrected chi connectivity index (χ3v) is 7.01. The van der Waals surface area contributed by atoms with Gasteiger partial charge < -0.3 is 9.73 Å². The van der Waals surface area contributed by atoms with Crippen LogP contribution in [0, 0.1) is 0 Å². The molecule has 5 nitrogen and oxygen atoms in total. The van der Waals surface area contributed by atoms with Gasteiger partial charge in [0.05, 0.1) is 6.54 Å². The Labute approximate surface area is 137 Å². The molecule has 22 heavy (non-hydrogen) atoms. The molecule has 2 atom stereocenters. The first kappa shape index (κ1) is 17.8. The second-order valence-corrected chi connectivity index (χ2v) is 9.37. The second-order valence-electron chi connectivity index (χ2n) is 5.77. The maximum Gasteiger partial charge on any atom is 0.275 e. The lowest BCUT2D eigenvalue weighted by atomic mass is 9.95. The van der Waals surface area contributed by atoms with Gasteiger partial charge in [0.15, 0.2) is 0 Å². The Kier molecular flexibility index (Phi) is 6.37. The number of furan rings is 1. The van der Waals surface area contributed by atoms with Gasteiger partial charge in [0.25, 0.3) is 10.0 Å². The van der Waals surface area contributed by atoms with Crippen LogP contribution in [0.15, 0.2) is 21.6 Å². The van der Waals surface area contributed by atoms with E-state index in [9.17, 15) is 8.42 Å². The smallest absolute Gasteiger partial charge is 0.275 e. The van der Waals surface area contributed by atoms with Crippen molar-refractivity contribution < 1.29 is 12.8 Å². The van der Waals surface area contributed by atoms with Gasteiger partial charge in [-0.15, -0.1) is 0 Å². The van der Waals surface area contributed by atoms with E-state index in [4.69, 9.17) is 4.42 Å². The Bertz CT molecular complexity index is 567. The molecule has 126 valence electrons. The van der Waals surface area contributed by atoms with Gasteiger partial charge in [-0.3, -0.25) is 0 Å². The number of hydrogen-bond acceptors (Lipinski definition) is 5. The average molecular weight is 347 g/mol. The lowest BCUT2D eigenvalue weighted by molar-refractivity contribution is 0.346. The van der Waals surface area contributed by atoms with E-state index in [2.05, 4.69) is 12.2 Å². The zero-order chi connectivity index (χ0) is 16.2. The van der Waals surface area contributed by atoms with Crippen molar-refractivity contribution in [2.45, 2.75) is 55.5 Å². The molecule has 0 bridgehead atoms. The number of nitrogens with zero attached hydrogens (tertiary/aromatic N) is 1. The number of hydrogen-bond donors (Lipinski definition) is 1. The maximum atomic E-state index is 12.0. The van der Waals surface area contributed by atoms with E-state index in [0.29, 0.717) is 23.6 Å². The Balaban J connectivity index is 1.96. The lowest BCUT2D eigenvalue weighted by Gasteiger charge is -2.31. The SMILES string of the molecule is CCS[C@H]1CCCC[C@H]1NCc1ccc(S(=O)(=O)N(C)C)o1. The van der Waals surface area contributed by atoms with Crippen molar-refractivity contribution >= 4 is 21.8 Å². The third kappa shape index (κ3) is 4.28. The minimum atomic E-state index is -3.48. The molecule has 1 N–H and O–H groups in total. The quantitative estimate of drug-likeness (QED) is 0.822. The molecular weight excluding hydrogens is 320 g/mol. The predicted octanol–water partition coefficient (Wildman–Crippen LogP) is 2.68. The highest BCUT2D eigenvalue weighted by atomic mass is 32.2. The number of nitrogens with one attached hydrogen (secondary N) is 1. The van der Waals surface area contributed by atoms with Gasteiger partial charge in [-0.25, -0.2) is 12.7 Å². The summed E-state index contributed by atoms with van der Waals surface area (Å²) in [7, 11) is -0.475. The third-order valence-electron chi connectivity index (χ3n) is 3.99. The number of thioether (sulfide) groups is 1. The topological polar surface area (TPSA) is 62.6 Å². The van der Waals surface area contributed by atoms with E-state index in [1.54, 1.807) is 6.07 Å². The molecule has 0 amide bonds. The van der Waals surface area contributed by atoms with Crippen molar-refractivity contribution in [3.05, 3.63) is 17.9 Å². The Morgan fingerprint density at radius 3 is 2.73 bits per heavy atom. The van der Waals surface area contributed by atoms with Crippen LogP contribution in [0.5, 0.6) is 0 Å². The van der Waals surface area contributed by atoms with E-state index < -0.39 is 10.0 Å². The molecule has 0 aliphatic heterocycles. The number of rotatable bonds is 7. The van der Waals surface area contributed by atoms with Gasteiger partial charge in [0, 0.05) is 25.4 Å². The molecule has 1 fully saturated rings. The highest BCUT2D eigenvalue weighted by Crippen LogP contribution is 2.29. The second kappa shape index (κ2) is 7.86. The molecule has 1 aliphatic rings. The van der Waals surface area contributed by atoms with Crippen molar-refractivity contribution in [3.63, 3.8) is 0 Å². The lowest BCUT2D eigenvalue weighted by Crippen LogP contribution is -2.40. The summed E-state index contributed by atoms with van der Waals surface area (Å²) in [6.07, 6.45) is 5.01. The summed E-state index contributed by atoms with van der Waals surface area (Å²) >= 11 is 2.01. The van der Waals surface area contributed by atoms with Crippen molar-refractivity contribution in [1.82, 2.24) is 9.62 Å². The van der Waals surface area contributed by atoms with Crippen LogP contribution in [0.25, 0.3) is 0 Å². The summed E-state index contributed by atoms with van der Waals surface area (Å²) < 4.78 is 30.7. The Morgan fingerprint density at radius 1 is 1.32 bits per heavy atom. The van der Waals surface area contributed by atoms with Crippen molar-refractivity contribution in [1.29, 1.82) is 0 Å². The molecule has 7 heteroatoms. The average Bonchev–Trinajstić information content (AvgIpc) is 2.96. The van der Waals surface area contributed by atoms with Crippen LogP contribution in [0.2, 0.25) is 0 Å². The first-order valence-electron chi connectivity index (χ1n) is 7.81. The minimum Gasteiger partial charge on any atom is -0.447 e. The van der Waals surface area contributed by atoms with Gasteiger partial charge in [-0.1, -0.05) is 19.8 Å². The van der Waals surface area contributed by atoms with Crippen LogP contribution in [0.4, 0.5) is 0 Å². The van der Waals surface area contributed by atoms with E-state index in [-0.39, 0.29) is 5.09 Å². The van der Waals surface area contributed by atoms with Crippen LogP contribution in [0.3, 0.4) is 0 Å². The Hall–Kier alpha value is -0.500. The summed E-state index contributed by atoms with van der Waals surface area (Å²) in [6.45, 7) is 2.77. The monoisotopic (exact) mass is 346 g/mol. The summed E-state index contributed by atoms with van der Waals surface area (Å²) in [5.41, 5.74) is 0. The molecule has 0 spiro atoms. The van der Waals surface area contributed by atoms with E-state index in [1.165, 1.54) is 45.8 Å². The highest BCUT2D eigenvalue weighted by molar-refractivity contribution is 7.99. The fourth-order valence-electron chi connectivity index (χ4n) is 2.75. The van der Waals surface area contributed by atoms with Gasteiger partial charge >= 0.3 is 0 Å². The van der Waals surface area contributed by atoms with E-state index in [1.807, 2.05) is 11.8 Å². The molecule has 0 aromatic carbocycles. The van der Waals surface area contributed by atoms with Gasteiger partial charge in [-0.05, 0) is 30.7 Å². The zero-order valence-corrected chi connectivity index (χ0v) is 15.2. The van der Waals surface area contributed by atoms with Crippen LogP contribution >= 0.6 is 11.8 Å². The molecule has 0 radical (unpaired) electrons. The van der Waals surface area contributed by atoms with Crippen LogP contribution in [-0.2, 0) is 16.6 Å². The van der Waals surface area contributed by atoms with E-state index >= 15 is 0 Å². The molecule has 1 heterocycles. The van der Waals surface area contributed by atoms with E-state index in [0.717, 1.165) is 10.1 Å². The largest absolute Gasteiger partial charge is 0.447 e. The van der Waals surface area contributed by atoms with Gasteiger partial charge in [-0.2, -0.15) is 11.8 Å². The van der Waals surface area contributed by atoms with Gasteiger partial charge in [0.2, 0.25) is 5.09 Å². The first-order valence-corrected chi connectivity index (χ1v) is 10.3. The fraction of sp³-hybridized carbons (Fsp3) is 0.733. The van der Waals surface area contributed by atoms with Crippen LogP contribution in [-0.4, -0.2) is 43.9 Å². The summed E-state index contributed by atoms with van der Waals surface area (Å²) in [4.78, 5) is 0. The molecule has 1 aliphatic carbocycles. The summed E-state index contributed by atoms with van der Waals surface area (Å²) in [6, 6.07) is 3.76.